The van der Waals surface area contributed by atoms with E-state index in [4.69, 9.17) is 4.74 Å². The zero-order valence-electron chi connectivity index (χ0n) is 13.4. The number of nitrogens with one attached hydrogen (secondary N) is 2. The summed E-state index contributed by atoms with van der Waals surface area (Å²) in [7, 11) is -3.52. The average Bonchev–Trinajstić information content (AvgIpc) is 3.05. The zero-order valence-corrected chi connectivity index (χ0v) is 14.2. The van der Waals surface area contributed by atoms with Crippen LogP contribution < -0.4 is 10.3 Å². The van der Waals surface area contributed by atoms with Crippen molar-refractivity contribution in [2.24, 2.45) is 0 Å². The second-order valence-electron chi connectivity index (χ2n) is 5.93. The number of hydrogen-bond acceptors (Lipinski definition) is 10. The maximum Gasteiger partial charge on any atom is 0.225 e. The molecule has 0 aromatic carbocycles. The Morgan fingerprint density at radius 3 is 2.72 bits per heavy atom. The number of hydrazine groups is 1. The van der Waals surface area contributed by atoms with Crippen molar-refractivity contribution in [2.45, 2.75) is 31.0 Å². The number of imidazole rings is 1. The molecule has 0 spiro atoms. The number of rotatable bonds is 5. The van der Waals surface area contributed by atoms with Crippen LogP contribution in [0.4, 0.5) is 5.82 Å². The molecule has 1 saturated heterocycles. The van der Waals surface area contributed by atoms with Gasteiger partial charge in [-0.25, -0.2) is 23.4 Å². The summed E-state index contributed by atoms with van der Waals surface area (Å²) in [6.45, 7) is 0.899. The molecule has 2 aromatic heterocycles. The number of aliphatic hydroxyl groups is 3. The van der Waals surface area contributed by atoms with Gasteiger partial charge in [0.05, 0.1) is 19.2 Å². The Bertz CT molecular complexity index is 883. The summed E-state index contributed by atoms with van der Waals surface area (Å²) >= 11 is 0. The number of nitrogens with zero attached hydrogens (tertiary/aromatic N) is 4. The second kappa shape index (κ2) is 6.12. The van der Waals surface area contributed by atoms with Gasteiger partial charge < -0.3 is 20.1 Å². The molecule has 25 heavy (non-hydrogen) atoms. The fourth-order valence-electron chi connectivity index (χ4n) is 2.65. The van der Waals surface area contributed by atoms with Crippen molar-refractivity contribution in [1.29, 1.82) is 0 Å². The van der Waals surface area contributed by atoms with Crippen LogP contribution in [-0.2, 0) is 14.8 Å². The molecule has 0 unspecified atom stereocenters. The number of anilines is 1. The van der Waals surface area contributed by atoms with Crippen LogP contribution >= 0.6 is 0 Å². The van der Waals surface area contributed by atoms with E-state index in [0.29, 0.717) is 0 Å². The Morgan fingerprint density at radius 1 is 1.40 bits per heavy atom. The van der Waals surface area contributed by atoms with E-state index in [0.717, 1.165) is 6.26 Å². The quantitative estimate of drug-likeness (QED) is 0.358. The highest BCUT2D eigenvalue weighted by Crippen LogP contribution is 2.39. The molecule has 0 bridgehead atoms. The topological polar surface area (TPSA) is 172 Å². The van der Waals surface area contributed by atoms with Crippen molar-refractivity contribution in [3.8, 4) is 0 Å². The van der Waals surface area contributed by atoms with Crippen LogP contribution in [0.1, 0.15) is 13.2 Å². The van der Waals surface area contributed by atoms with Crippen LogP contribution in [0.15, 0.2) is 12.7 Å². The van der Waals surface area contributed by atoms with E-state index in [1.165, 1.54) is 24.1 Å². The summed E-state index contributed by atoms with van der Waals surface area (Å²) in [6, 6.07) is 0. The summed E-state index contributed by atoms with van der Waals surface area (Å²) in [5.41, 5.74) is 1.18. The van der Waals surface area contributed by atoms with Crippen LogP contribution in [0.5, 0.6) is 0 Å². The number of aromatic nitrogens is 4. The first-order valence-corrected chi connectivity index (χ1v) is 9.11. The summed E-state index contributed by atoms with van der Waals surface area (Å²) in [5, 5.41) is 29.9. The Balaban J connectivity index is 1.99. The van der Waals surface area contributed by atoms with Crippen LogP contribution in [0.25, 0.3) is 11.2 Å². The summed E-state index contributed by atoms with van der Waals surface area (Å²) in [5.74, 6) is 0.103. The smallest absolute Gasteiger partial charge is 0.225 e. The fourth-order valence-corrected chi connectivity index (χ4v) is 2.93. The molecule has 1 aliphatic rings. The van der Waals surface area contributed by atoms with E-state index in [2.05, 4.69) is 25.2 Å². The highest BCUT2D eigenvalue weighted by molar-refractivity contribution is 7.88. The van der Waals surface area contributed by atoms with E-state index in [9.17, 15) is 23.7 Å². The number of aliphatic hydroxyl groups excluding tert-OH is 2. The number of sulfonamides is 1. The van der Waals surface area contributed by atoms with Gasteiger partial charge in [0.2, 0.25) is 10.0 Å². The Morgan fingerprint density at radius 2 is 2.12 bits per heavy atom. The van der Waals surface area contributed by atoms with Crippen molar-refractivity contribution in [2.75, 3.05) is 18.3 Å². The maximum atomic E-state index is 11.2. The van der Waals surface area contributed by atoms with Crippen molar-refractivity contribution < 1.29 is 28.5 Å². The van der Waals surface area contributed by atoms with E-state index in [1.807, 2.05) is 0 Å². The van der Waals surface area contributed by atoms with Crippen molar-refractivity contribution in [3.63, 3.8) is 0 Å². The van der Waals surface area contributed by atoms with Gasteiger partial charge in [-0.3, -0.25) is 9.99 Å². The van der Waals surface area contributed by atoms with Crippen LogP contribution in [0.3, 0.4) is 0 Å². The van der Waals surface area contributed by atoms with Gasteiger partial charge in [0.25, 0.3) is 0 Å². The van der Waals surface area contributed by atoms with Gasteiger partial charge in [-0.15, -0.1) is 4.83 Å². The minimum absolute atomic E-state index is 0.103. The third kappa shape index (κ3) is 3.17. The van der Waals surface area contributed by atoms with Crippen molar-refractivity contribution >= 4 is 27.0 Å². The lowest BCUT2D eigenvalue weighted by molar-refractivity contribution is -0.0950. The number of ether oxygens (including phenoxy) is 1. The van der Waals surface area contributed by atoms with E-state index < -0.39 is 40.7 Å². The molecule has 0 saturated carbocycles. The molecule has 13 heteroatoms. The maximum absolute atomic E-state index is 11.2. The number of fused-ring (bicyclic) bond motifs is 1. The lowest BCUT2D eigenvalue weighted by atomic mass is 9.96. The minimum Gasteiger partial charge on any atom is -0.394 e. The third-order valence-electron chi connectivity index (χ3n) is 3.90. The second-order valence-corrected chi connectivity index (χ2v) is 7.67. The molecule has 2 aromatic rings. The van der Waals surface area contributed by atoms with Crippen LogP contribution in [0.2, 0.25) is 0 Å². The van der Waals surface area contributed by atoms with Gasteiger partial charge in [-0.1, -0.05) is 0 Å². The molecule has 5 N–H and O–H groups in total. The normalized spacial score (nSPS) is 30.0. The van der Waals surface area contributed by atoms with Gasteiger partial charge in [0, 0.05) is 0 Å². The first-order chi connectivity index (χ1) is 11.6. The van der Waals surface area contributed by atoms with Gasteiger partial charge in [0.1, 0.15) is 24.1 Å². The SMILES string of the molecule is C[C@@]1(O)[C@H](O)[C@@H](CO)O[C@H]1n1cnc2c(NNS(C)(=O)=O)ncnc21. The molecule has 138 valence electrons. The van der Waals surface area contributed by atoms with E-state index in [-0.39, 0.29) is 17.0 Å². The molecule has 4 atom stereocenters. The zero-order chi connectivity index (χ0) is 18.4. The highest BCUT2D eigenvalue weighted by atomic mass is 32.2. The summed E-state index contributed by atoms with van der Waals surface area (Å²) in [4.78, 5) is 14.2. The Labute approximate surface area is 142 Å². The molecular formula is C12H18N6O6S. The molecule has 3 rings (SSSR count). The fraction of sp³-hybridized carbons (Fsp3) is 0.583. The van der Waals surface area contributed by atoms with E-state index in [1.54, 1.807) is 0 Å². The molecule has 12 nitrogen and oxygen atoms in total. The standard InChI is InChI=1S/C12H18N6O6S/c1-12(21)8(20)6(3-19)24-11(12)18-5-15-7-9(13-4-14-10(7)18)16-17-25(2,22)23/h4-6,8,11,17,19-21H,3H2,1-2H3,(H,13,14,16)/t6-,8-,11-,12-/m1/s1. The van der Waals surface area contributed by atoms with E-state index >= 15 is 0 Å². The molecule has 0 aliphatic carbocycles. The van der Waals surface area contributed by atoms with Gasteiger partial charge in [0.15, 0.2) is 23.2 Å². The van der Waals surface area contributed by atoms with Gasteiger partial charge >= 0.3 is 0 Å². The first-order valence-electron chi connectivity index (χ1n) is 7.22. The van der Waals surface area contributed by atoms with Crippen LogP contribution in [0, 0.1) is 0 Å². The monoisotopic (exact) mass is 374 g/mol. The third-order valence-corrected chi connectivity index (χ3v) is 4.37. The highest BCUT2D eigenvalue weighted by Gasteiger charge is 2.53. The molecule has 3 heterocycles. The predicted molar refractivity (Wildman–Crippen MR) is 84.6 cm³/mol. The predicted octanol–water partition coefficient (Wildman–Crippen LogP) is -2.30. The van der Waals surface area contributed by atoms with Crippen LogP contribution in [-0.4, -0.2) is 73.9 Å². The Hall–Kier alpha value is -1.90. The number of hydrogen-bond donors (Lipinski definition) is 5. The molecular weight excluding hydrogens is 356 g/mol. The summed E-state index contributed by atoms with van der Waals surface area (Å²) in [6.07, 6.45) is 0.120. The minimum atomic E-state index is -3.52. The largest absolute Gasteiger partial charge is 0.394 e. The van der Waals surface area contributed by atoms with Crippen molar-refractivity contribution in [1.82, 2.24) is 24.4 Å². The summed E-state index contributed by atoms with van der Waals surface area (Å²) < 4.78 is 29.3. The molecule has 1 fully saturated rings. The lowest BCUT2D eigenvalue weighted by Gasteiger charge is -2.27. The average molecular weight is 374 g/mol. The lowest BCUT2D eigenvalue weighted by Crippen LogP contribution is -2.44. The molecule has 0 radical (unpaired) electrons. The van der Waals surface area contributed by atoms with Gasteiger partial charge in [-0.05, 0) is 6.92 Å². The van der Waals surface area contributed by atoms with Gasteiger partial charge in [-0.2, -0.15) is 0 Å². The first kappa shape index (κ1) is 17.9. The van der Waals surface area contributed by atoms with Crippen molar-refractivity contribution in [3.05, 3.63) is 12.7 Å². The Kier molecular flexibility index (Phi) is 4.38. The molecule has 0 amide bonds. The molecule has 1 aliphatic heterocycles.